The molecule has 0 saturated carbocycles. The molecule has 0 bridgehead atoms. The molecular weight excluding hydrogens is 547 g/mol. The van der Waals surface area contributed by atoms with E-state index in [2.05, 4.69) is 33.2 Å². The van der Waals surface area contributed by atoms with Crippen LogP contribution in [0.25, 0.3) is 0 Å². The average Bonchev–Trinajstić information content (AvgIpc) is 2.84. The van der Waals surface area contributed by atoms with E-state index in [1.54, 1.807) is 0 Å². The first-order chi connectivity index (χ1) is 16.4. The van der Waals surface area contributed by atoms with E-state index in [4.69, 9.17) is 4.74 Å². The van der Waals surface area contributed by atoms with Crippen LogP contribution >= 0.6 is 22.6 Å². The molecule has 176 valence electrons. The SMILES string of the molecule is O=C(N[C@H](Cc1ccccc1)C(=O)N[C@@H](Cc1ccc(I)cc1)C(=O)O)OCc1ccccc1. The zero-order chi connectivity index (χ0) is 24.3. The van der Waals surface area contributed by atoms with Crippen molar-refractivity contribution in [2.75, 3.05) is 0 Å². The zero-order valence-corrected chi connectivity index (χ0v) is 20.5. The van der Waals surface area contributed by atoms with Crippen LogP contribution in [0.15, 0.2) is 84.9 Å². The summed E-state index contributed by atoms with van der Waals surface area (Å²) >= 11 is 2.17. The van der Waals surface area contributed by atoms with Gasteiger partial charge in [0.05, 0.1) is 0 Å². The number of ether oxygens (including phenoxy) is 1. The van der Waals surface area contributed by atoms with Crippen LogP contribution in [0.1, 0.15) is 16.7 Å². The van der Waals surface area contributed by atoms with Crippen molar-refractivity contribution in [1.82, 2.24) is 10.6 Å². The van der Waals surface area contributed by atoms with E-state index < -0.39 is 30.1 Å². The second-order valence-electron chi connectivity index (χ2n) is 7.68. The van der Waals surface area contributed by atoms with Gasteiger partial charge in [-0.05, 0) is 51.4 Å². The predicted octanol–water partition coefficient (Wildman–Crippen LogP) is 3.94. The summed E-state index contributed by atoms with van der Waals surface area (Å²) in [4.78, 5) is 37.3. The number of aliphatic carboxylic acids is 1. The van der Waals surface area contributed by atoms with Gasteiger partial charge in [0, 0.05) is 16.4 Å². The van der Waals surface area contributed by atoms with Gasteiger partial charge in [-0.25, -0.2) is 9.59 Å². The topological polar surface area (TPSA) is 105 Å². The van der Waals surface area contributed by atoms with Crippen LogP contribution < -0.4 is 10.6 Å². The smallest absolute Gasteiger partial charge is 0.408 e. The van der Waals surface area contributed by atoms with Crippen molar-refractivity contribution in [2.45, 2.75) is 31.5 Å². The first kappa shape index (κ1) is 25.2. The van der Waals surface area contributed by atoms with Crippen molar-refractivity contribution >= 4 is 40.6 Å². The number of halogens is 1. The monoisotopic (exact) mass is 572 g/mol. The first-order valence-corrected chi connectivity index (χ1v) is 11.8. The van der Waals surface area contributed by atoms with Crippen LogP contribution in [0.4, 0.5) is 4.79 Å². The molecule has 0 spiro atoms. The Bertz CT molecular complexity index is 1090. The summed E-state index contributed by atoms with van der Waals surface area (Å²) in [6, 6.07) is 23.6. The van der Waals surface area contributed by atoms with Crippen LogP contribution in [0.5, 0.6) is 0 Å². The molecule has 8 heteroatoms. The highest BCUT2D eigenvalue weighted by atomic mass is 127. The highest BCUT2D eigenvalue weighted by Gasteiger charge is 2.27. The van der Waals surface area contributed by atoms with E-state index in [-0.39, 0.29) is 19.4 Å². The summed E-state index contributed by atoms with van der Waals surface area (Å²) in [7, 11) is 0. The molecule has 34 heavy (non-hydrogen) atoms. The van der Waals surface area contributed by atoms with Gasteiger partial charge in [0.1, 0.15) is 18.7 Å². The summed E-state index contributed by atoms with van der Waals surface area (Å²) < 4.78 is 6.28. The van der Waals surface area contributed by atoms with Crippen molar-refractivity contribution in [3.63, 3.8) is 0 Å². The molecule has 7 nitrogen and oxygen atoms in total. The van der Waals surface area contributed by atoms with Gasteiger partial charge >= 0.3 is 12.1 Å². The number of nitrogens with one attached hydrogen (secondary N) is 2. The summed E-state index contributed by atoms with van der Waals surface area (Å²) in [5.74, 6) is -1.75. The Labute approximate surface area is 211 Å². The molecule has 0 saturated heterocycles. The second-order valence-corrected chi connectivity index (χ2v) is 8.92. The normalized spacial score (nSPS) is 12.3. The number of carbonyl (C=O) groups is 3. The predicted molar refractivity (Wildman–Crippen MR) is 136 cm³/mol. The number of hydrogen-bond donors (Lipinski definition) is 3. The maximum atomic E-state index is 13.1. The lowest BCUT2D eigenvalue weighted by Gasteiger charge is -2.21. The third-order valence-electron chi connectivity index (χ3n) is 5.07. The van der Waals surface area contributed by atoms with Gasteiger partial charge in [-0.1, -0.05) is 72.8 Å². The fourth-order valence-corrected chi connectivity index (χ4v) is 3.65. The van der Waals surface area contributed by atoms with E-state index in [0.29, 0.717) is 0 Å². The molecule has 3 aromatic rings. The molecule has 0 aliphatic carbocycles. The Balaban J connectivity index is 1.68. The van der Waals surface area contributed by atoms with Crippen molar-refractivity contribution in [3.05, 3.63) is 105 Å². The number of rotatable bonds is 10. The minimum atomic E-state index is -1.16. The Morgan fingerprint density at radius 1 is 0.735 bits per heavy atom. The Kier molecular flexibility index (Phi) is 9.45. The number of carboxylic acid groups (broad SMARTS) is 1. The molecule has 2 atom stereocenters. The number of amides is 2. The zero-order valence-electron chi connectivity index (χ0n) is 18.3. The van der Waals surface area contributed by atoms with E-state index in [1.165, 1.54) is 0 Å². The first-order valence-electron chi connectivity index (χ1n) is 10.7. The Morgan fingerprint density at radius 2 is 1.26 bits per heavy atom. The van der Waals surface area contributed by atoms with Crippen LogP contribution in [0, 0.1) is 3.57 Å². The molecule has 0 radical (unpaired) electrons. The molecular formula is C26H25IN2O5. The molecule has 0 aliphatic rings. The van der Waals surface area contributed by atoms with E-state index in [1.807, 2.05) is 84.9 Å². The average molecular weight is 572 g/mol. The summed E-state index contributed by atoms with van der Waals surface area (Å²) in [5.41, 5.74) is 2.41. The molecule has 2 amide bonds. The van der Waals surface area contributed by atoms with Crippen molar-refractivity contribution in [1.29, 1.82) is 0 Å². The molecule has 3 N–H and O–H groups in total. The fraction of sp³-hybridized carbons (Fsp3) is 0.192. The highest BCUT2D eigenvalue weighted by Crippen LogP contribution is 2.10. The third-order valence-corrected chi connectivity index (χ3v) is 5.79. The lowest BCUT2D eigenvalue weighted by Crippen LogP contribution is -2.53. The number of benzene rings is 3. The molecule has 0 heterocycles. The molecule has 0 aromatic heterocycles. The van der Waals surface area contributed by atoms with Gasteiger partial charge in [-0.3, -0.25) is 4.79 Å². The molecule has 0 fully saturated rings. The van der Waals surface area contributed by atoms with Gasteiger partial charge in [-0.2, -0.15) is 0 Å². The second kappa shape index (κ2) is 12.7. The maximum Gasteiger partial charge on any atom is 0.408 e. The van der Waals surface area contributed by atoms with Gasteiger partial charge in [0.15, 0.2) is 0 Å². The van der Waals surface area contributed by atoms with Gasteiger partial charge in [-0.15, -0.1) is 0 Å². The molecule has 3 aromatic carbocycles. The van der Waals surface area contributed by atoms with E-state index in [9.17, 15) is 19.5 Å². The number of alkyl carbamates (subject to hydrolysis) is 1. The molecule has 3 rings (SSSR count). The summed E-state index contributed by atoms with van der Waals surface area (Å²) in [6.45, 7) is 0.0525. The van der Waals surface area contributed by atoms with Crippen LogP contribution in [-0.4, -0.2) is 35.2 Å². The number of carboxylic acids is 1. The van der Waals surface area contributed by atoms with E-state index >= 15 is 0 Å². The summed E-state index contributed by atoms with van der Waals surface area (Å²) in [5, 5.41) is 14.8. The minimum Gasteiger partial charge on any atom is -0.480 e. The lowest BCUT2D eigenvalue weighted by molar-refractivity contribution is -0.142. The Hall–Kier alpha value is -3.40. The van der Waals surface area contributed by atoms with Gasteiger partial charge in [0.2, 0.25) is 5.91 Å². The molecule has 0 unspecified atom stereocenters. The lowest BCUT2D eigenvalue weighted by atomic mass is 10.0. The minimum absolute atomic E-state index is 0.0525. The van der Waals surface area contributed by atoms with Crippen molar-refractivity contribution in [2.24, 2.45) is 0 Å². The van der Waals surface area contributed by atoms with Crippen LogP contribution in [-0.2, 0) is 33.8 Å². The quantitative estimate of drug-likeness (QED) is 0.320. The van der Waals surface area contributed by atoms with Gasteiger partial charge < -0.3 is 20.5 Å². The van der Waals surface area contributed by atoms with Crippen molar-refractivity contribution in [3.8, 4) is 0 Å². The fourth-order valence-electron chi connectivity index (χ4n) is 3.29. The third kappa shape index (κ3) is 8.18. The molecule has 0 aliphatic heterocycles. The number of hydrogen-bond acceptors (Lipinski definition) is 4. The van der Waals surface area contributed by atoms with E-state index in [0.717, 1.165) is 20.3 Å². The summed E-state index contributed by atoms with van der Waals surface area (Å²) in [6.07, 6.45) is -0.457. The largest absolute Gasteiger partial charge is 0.480 e. The van der Waals surface area contributed by atoms with Crippen molar-refractivity contribution < 1.29 is 24.2 Å². The van der Waals surface area contributed by atoms with Crippen LogP contribution in [0.2, 0.25) is 0 Å². The Morgan fingerprint density at radius 3 is 1.85 bits per heavy atom. The van der Waals surface area contributed by atoms with Crippen LogP contribution in [0.3, 0.4) is 0 Å². The van der Waals surface area contributed by atoms with Gasteiger partial charge in [0.25, 0.3) is 0 Å². The standard InChI is InChI=1S/C26H25IN2O5/c27-21-13-11-19(12-14-21)16-23(25(31)32)28-24(30)22(15-18-7-3-1-4-8-18)29-26(33)34-17-20-9-5-2-6-10-20/h1-14,22-23H,15-17H2,(H,28,30)(H,29,33)(H,31,32)/t22-,23+/m1/s1. The maximum absolute atomic E-state index is 13.1. The highest BCUT2D eigenvalue weighted by molar-refractivity contribution is 14.1. The number of carbonyl (C=O) groups excluding carboxylic acids is 2.